The van der Waals surface area contributed by atoms with Gasteiger partial charge in [-0.25, -0.2) is 4.57 Å². The fourth-order valence-electron chi connectivity index (χ4n) is 4.70. The number of rotatable bonds is 12. The molecule has 13 heteroatoms. The first-order valence-corrected chi connectivity index (χ1v) is 15.8. The van der Waals surface area contributed by atoms with Gasteiger partial charge in [-0.3, -0.25) is 23.8 Å². The molecule has 2 aromatic rings. The number of aliphatic hydroxyl groups excluding tert-OH is 2. The molecule has 0 aromatic heterocycles. The molecule has 0 bridgehead atoms. The molecule has 1 saturated heterocycles. The molecule has 2 heterocycles. The van der Waals surface area contributed by atoms with Crippen molar-refractivity contribution in [2.45, 2.75) is 70.6 Å². The summed E-state index contributed by atoms with van der Waals surface area (Å²) in [5.74, 6) is -1.55. The Bertz CT molecular complexity index is 1480. The van der Waals surface area contributed by atoms with Gasteiger partial charge in [-0.2, -0.15) is 5.09 Å². The average molecular weight is 631 g/mol. The summed E-state index contributed by atoms with van der Waals surface area (Å²) in [6.45, 7) is 10.7. The predicted molar refractivity (Wildman–Crippen MR) is 161 cm³/mol. The van der Waals surface area contributed by atoms with Gasteiger partial charge in [-0.1, -0.05) is 63.2 Å². The number of carbonyl (C=O) groups is 3. The molecule has 0 spiro atoms. The van der Waals surface area contributed by atoms with E-state index in [4.69, 9.17) is 18.5 Å². The highest BCUT2D eigenvalue weighted by atomic mass is 31.2. The number of hydrogen-bond donors (Lipinski definition) is 3. The zero-order valence-corrected chi connectivity index (χ0v) is 26.1. The topological polar surface area (TPSA) is 161 Å². The van der Waals surface area contributed by atoms with Crippen molar-refractivity contribution in [3.63, 3.8) is 0 Å². The number of hydrogen-bond acceptors (Lipinski definition) is 10. The molecule has 0 radical (unpaired) electrons. The molecule has 4 rings (SSSR count). The van der Waals surface area contributed by atoms with Gasteiger partial charge in [0.05, 0.1) is 19.6 Å². The number of allylic oxidation sites excluding steroid dienone is 1. The van der Waals surface area contributed by atoms with E-state index in [2.05, 4.69) is 11.7 Å². The molecule has 2 aromatic carbocycles. The van der Waals surface area contributed by atoms with Crippen molar-refractivity contribution >= 4 is 36.2 Å². The zero-order chi connectivity index (χ0) is 32.3. The summed E-state index contributed by atoms with van der Waals surface area (Å²) in [6.07, 6.45) is -1.06. The smallest absolute Gasteiger partial charge is 0.459 e. The molecule has 1 fully saturated rings. The van der Waals surface area contributed by atoms with Crippen molar-refractivity contribution in [2.75, 3.05) is 13.2 Å². The Morgan fingerprint density at radius 3 is 2.61 bits per heavy atom. The molecule has 6 atom stereocenters. The van der Waals surface area contributed by atoms with Crippen LogP contribution in [0.4, 0.5) is 0 Å². The van der Waals surface area contributed by atoms with Gasteiger partial charge in [0.25, 0.3) is 0 Å². The van der Waals surface area contributed by atoms with Crippen molar-refractivity contribution in [1.29, 1.82) is 0 Å². The number of benzene rings is 2. The van der Waals surface area contributed by atoms with E-state index in [9.17, 15) is 29.2 Å². The summed E-state index contributed by atoms with van der Waals surface area (Å²) < 4.78 is 37.4. The maximum atomic E-state index is 14.3. The summed E-state index contributed by atoms with van der Waals surface area (Å²) in [7, 11) is -4.46. The van der Waals surface area contributed by atoms with E-state index in [1.807, 2.05) is 39.0 Å². The van der Waals surface area contributed by atoms with Gasteiger partial charge in [0.2, 0.25) is 5.91 Å². The van der Waals surface area contributed by atoms with Gasteiger partial charge < -0.3 is 24.2 Å². The maximum absolute atomic E-state index is 14.3. The number of nitrogens with zero attached hydrogens (tertiary/aromatic N) is 1. The number of ether oxygens (including phenoxy) is 2. The minimum atomic E-state index is -4.46. The quantitative estimate of drug-likeness (QED) is 0.136. The Balaban J connectivity index is 1.58. The number of aliphatic hydroxyl groups is 2. The molecular weight excluding hydrogens is 591 g/mol. The number of amides is 1. The van der Waals surface area contributed by atoms with E-state index in [1.54, 1.807) is 24.3 Å². The van der Waals surface area contributed by atoms with Crippen molar-refractivity contribution in [1.82, 2.24) is 9.99 Å². The highest BCUT2D eigenvalue weighted by Crippen LogP contribution is 2.49. The lowest BCUT2D eigenvalue weighted by atomic mass is 9.93. The van der Waals surface area contributed by atoms with Gasteiger partial charge in [-0.15, -0.1) is 6.58 Å². The molecule has 3 N–H and O–H groups in total. The zero-order valence-electron chi connectivity index (χ0n) is 25.2. The van der Waals surface area contributed by atoms with Gasteiger partial charge in [-0.05, 0) is 36.3 Å². The van der Waals surface area contributed by atoms with Crippen molar-refractivity contribution in [3.8, 4) is 5.75 Å². The molecule has 238 valence electrons. The second-order valence-corrected chi connectivity index (χ2v) is 13.7. The highest BCUT2D eigenvalue weighted by Gasteiger charge is 2.56. The summed E-state index contributed by atoms with van der Waals surface area (Å²) in [5, 5.41) is 25.9. The normalized spacial score (nSPS) is 26.0. The van der Waals surface area contributed by atoms with Crippen LogP contribution in [0.15, 0.2) is 67.4 Å². The molecule has 12 nitrogen and oxygen atoms in total. The molecular formula is C31H39N2O10P. The Kier molecular flexibility index (Phi) is 10.1. The van der Waals surface area contributed by atoms with Crippen LogP contribution >= 0.6 is 7.75 Å². The van der Waals surface area contributed by atoms with E-state index in [0.717, 1.165) is 28.6 Å². The second-order valence-electron chi connectivity index (χ2n) is 12.0. The fourth-order valence-corrected chi connectivity index (χ4v) is 6.25. The van der Waals surface area contributed by atoms with Crippen LogP contribution in [0.3, 0.4) is 0 Å². The molecule has 1 unspecified atom stereocenters. The molecule has 0 saturated carbocycles. The first-order chi connectivity index (χ1) is 20.7. The van der Waals surface area contributed by atoms with E-state index in [0.29, 0.717) is 11.8 Å². The number of esters is 1. The summed E-state index contributed by atoms with van der Waals surface area (Å²) >= 11 is 0. The van der Waals surface area contributed by atoms with Crippen LogP contribution in [0, 0.1) is 5.41 Å². The van der Waals surface area contributed by atoms with Crippen molar-refractivity contribution < 1.29 is 47.7 Å². The van der Waals surface area contributed by atoms with Crippen molar-refractivity contribution in [3.05, 3.63) is 67.4 Å². The third-order valence-corrected chi connectivity index (χ3v) is 8.95. The van der Waals surface area contributed by atoms with E-state index in [-0.39, 0.29) is 17.8 Å². The largest absolute Gasteiger partial charge is 0.465 e. The minimum absolute atomic E-state index is 0.0689. The molecule has 0 aliphatic carbocycles. The lowest BCUT2D eigenvalue weighted by molar-refractivity contribution is -0.153. The first-order valence-electron chi connectivity index (χ1n) is 14.2. The Morgan fingerprint density at radius 1 is 1.23 bits per heavy atom. The molecule has 1 amide bonds. The van der Waals surface area contributed by atoms with Crippen LogP contribution in [0.5, 0.6) is 5.75 Å². The SMILES string of the molecule is C=C[C@]1(COP(=O)(N[C@@H](C)C(=O)OCCC(C)(C)C)Oc2cccc3ccccc23)O[C@@H](N2C=CC(=O)CC2=O)[C@H](O)[C@@H]1O. The maximum Gasteiger partial charge on any atom is 0.459 e. The van der Waals surface area contributed by atoms with Crippen LogP contribution in [-0.4, -0.2) is 76.1 Å². The predicted octanol–water partition coefficient (Wildman–Crippen LogP) is 3.62. The molecule has 44 heavy (non-hydrogen) atoms. The second kappa shape index (κ2) is 13.3. The number of fused-ring (bicyclic) bond motifs is 1. The van der Waals surface area contributed by atoms with Crippen LogP contribution < -0.4 is 9.61 Å². The van der Waals surface area contributed by atoms with Crippen LogP contribution in [0.2, 0.25) is 0 Å². The van der Waals surface area contributed by atoms with Gasteiger partial charge in [0.1, 0.15) is 29.6 Å². The van der Waals surface area contributed by atoms with E-state index < -0.39 is 68.5 Å². The summed E-state index contributed by atoms with van der Waals surface area (Å²) in [4.78, 5) is 37.9. The minimum Gasteiger partial charge on any atom is -0.465 e. The summed E-state index contributed by atoms with van der Waals surface area (Å²) in [5.41, 5.74) is -1.93. The number of nitrogens with one attached hydrogen (secondary N) is 1. The van der Waals surface area contributed by atoms with Crippen LogP contribution in [0.1, 0.15) is 40.5 Å². The van der Waals surface area contributed by atoms with E-state index >= 15 is 0 Å². The lowest BCUT2D eigenvalue weighted by Crippen LogP contribution is -2.46. The van der Waals surface area contributed by atoms with Gasteiger partial charge >= 0.3 is 13.7 Å². The van der Waals surface area contributed by atoms with Crippen LogP contribution in [0.25, 0.3) is 10.8 Å². The molecule has 2 aliphatic rings. The Hall–Kier alpha value is -3.38. The lowest BCUT2D eigenvalue weighted by Gasteiger charge is -2.32. The number of ketones is 1. The van der Waals surface area contributed by atoms with Crippen LogP contribution in [-0.2, 0) is 32.9 Å². The monoisotopic (exact) mass is 630 g/mol. The average Bonchev–Trinajstić information content (AvgIpc) is 3.21. The fraction of sp³-hybridized carbons (Fsp3) is 0.452. The standard InChI is InChI=1S/C31H39N2O10P/c1-6-31(27(37)26(36)28(42-31)33-16-14-22(34)18-25(33)35)19-41-44(39,32-20(2)29(38)40-17-15-30(3,4)5)43-24-13-9-11-21-10-7-8-12-23(21)24/h6-14,16,20,26-28,36-37H,1,15,17-19H2,2-5H3,(H,32,39)/t20-,26+,27-,28+,31+,44?/m0/s1. The van der Waals surface area contributed by atoms with Gasteiger partial charge in [0.15, 0.2) is 12.0 Å². The highest BCUT2D eigenvalue weighted by molar-refractivity contribution is 7.52. The summed E-state index contributed by atoms with van der Waals surface area (Å²) in [6, 6.07) is 11.2. The van der Waals surface area contributed by atoms with Crippen molar-refractivity contribution in [2.24, 2.45) is 5.41 Å². The van der Waals surface area contributed by atoms with E-state index in [1.165, 1.54) is 6.92 Å². The number of carbonyl (C=O) groups excluding carboxylic acids is 3. The van der Waals surface area contributed by atoms with Gasteiger partial charge in [0, 0.05) is 11.6 Å². The first kappa shape index (κ1) is 33.5. The Morgan fingerprint density at radius 2 is 1.93 bits per heavy atom. The third kappa shape index (κ3) is 7.63. The third-order valence-electron chi connectivity index (χ3n) is 7.34. The molecule has 2 aliphatic heterocycles. The Labute approximate surface area is 256 Å².